The van der Waals surface area contributed by atoms with Gasteiger partial charge in [-0.2, -0.15) is 0 Å². The molecule has 8 nitrogen and oxygen atoms in total. The number of carbonyl (C=O) groups is 2. The van der Waals surface area contributed by atoms with Gasteiger partial charge in [0.05, 0.1) is 0 Å². The number of H-pyrrole nitrogens is 1. The molecular weight excluding hydrogens is 432 g/mol. The van der Waals surface area contributed by atoms with Crippen LogP contribution in [0.4, 0.5) is 0 Å². The number of benzene rings is 2. The van der Waals surface area contributed by atoms with Crippen molar-refractivity contribution in [1.82, 2.24) is 20.1 Å². The Morgan fingerprint density at radius 2 is 1.79 bits per heavy atom. The van der Waals surface area contributed by atoms with Crippen LogP contribution >= 0.6 is 0 Å². The Bertz CT molecular complexity index is 1180. The third-order valence-electron chi connectivity index (χ3n) is 6.47. The topological polar surface area (TPSA) is 86.9 Å². The van der Waals surface area contributed by atoms with Crippen LogP contribution in [0.5, 0.6) is 11.5 Å². The molecule has 0 aliphatic carbocycles. The van der Waals surface area contributed by atoms with E-state index >= 15 is 0 Å². The maximum atomic E-state index is 13.4. The third-order valence-corrected chi connectivity index (χ3v) is 6.47. The van der Waals surface area contributed by atoms with Crippen molar-refractivity contribution in [3.8, 4) is 11.5 Å². The van der Waals surface area contributed by atoms with Crippen LogP contribution in [0.15, 0.2) is 48.7 Å². The van der Waals surface area contributed by atoms with E-state index in [-0.39, 0.29) is 11.8 Å². The largest absolute Gasteiger partial charge is 0.486 e. The lowest BCUT2D eigenvalue weighted by Crippen LogP contribution is -2.55. The number of aromatic amines is 1. The maximum Gasteiger partial charge on any atom is 0.245 e. The molecule has 1 fully saturated rings. The molecule has 2 N–H and O–H groups in total. The summed E-state index contributed by atoms with van der Waals surface area (Å²) < 4.78 is 11.3. The first-order chi connectivity index (χ1) is 16.6. The number of para-hydroxylation sites is 1. The van der Waals surface area contributed by atoms with E-state index in [2.05, 4.69) is 21.3 Å². The minimum atomic E-state index is -0.582. The van der Waals surface area contributed by atoms with Gasteiger partial charge < -0.3 is 24.7 Å². The first kappa shape index (κ1) is 22.3. The summed E-state index contributed by atoms with van der Waals surface area (Å²) >= 11 is 0. The summed E-state index contributed by atoms with van der Waals surface area (Å²) in [6, 6.07) is 13.5. The quantitative estimate of drug-likeness (QED) is 0.587. The minimum Gasteiger partial charge on any atom is -0.486 e. The van der Waals surface area contributed by atoms with Gasteiger partial charge in [0.25, 0.3) is 0 Å². The van der Waals surface area contributed by atoms with Crippen molar-refractivity contribution >= 4 is 22.7 Å². The van der Waals surface area contributed by atoms with Gasteiger partial charge in [-0.25, -0.2) is 0 Å². The molecule has 1 saturated heterocycles. The molecule has 2 aromatic carbocycles. The molecule has 3 aromatic rings. The van der Waals surface area contributed by atoms with Crippen LogP contribution in [0.3, 0.4) is 0 Å². The number of piperazine rings is 1. The lowest BCUT2D eigenvalue weighted by atomic mass is 10.0. The van der Waals surface area contributed by atoms with Gasteiger partial charge in [0, 0.05) is 63.2 Å². The van der Waals surface area contributed by atoms with E-state index < -0.39 is 6.04 Å². The molecule has 34 heavy (non-hydrogen) atoms. The van der Waals surface area contributed by atoms with Gasteiger partial charge in [0.1, 0.15) is 19.3 Å². The fourth-order valence-corrected chi connectivity index (χ4v) is 4.76. The van der Waals surface area contributed by atoms with Crippen molar-refractivity contribution in [2.24, 2.45) is 0 Å². The molecule has 5 rings (SSSR count). The summed E-state index contributed by atoms with van der Waals surface area (Å²) in [6.07, 6.45) is 2.39. The van der Waals surface area contributed by atoms with Gasteiger partial charge >= 0.3 is 0 Å². The van der Waals surface area contributed by atoms with Crippen LogP contribution in [-0.4, -0.2) is 72.0 Å². The van der Waals surface area contributed by atoms with Crippen LogP contribution in [-0.2, 0) is 22.6 Å². The second kappa shape index (κ2) is 9.77. The molecule has 8 heteroatoms. The minimum absolute atomic E-state index is 0.0283. The first-order valence-electron chi connectivity index (χ1n) is 11.8. The molecule has 0 bridgehead atoms. The Kier molecular flexibility index (Phi) is 6.40. The number of carbonyl (C=O) groups excluding carboxylic acids is 2. The number of ether oxygens (including phenoxy) is 2. The highest BCUT2D eigenvalue weighted by atomic mass is 16.6. The van der Waals surface area contributed by atoms with Crippen molar-refractivity contribution in [3.63, 3.8) is 0 Å². The lowest BCUT2D eigenvalue weighted by molar-refractivity contribution is -0.137. The van der Waals surface area contributed by atoms with Crippen molar-refractivity contribution < 1.29 is 19.1 Å². The molecule has 178 valence electrons. The monoisotopic (exact) mass is 462 g/mol. The number of fused-ring (bicyclic) bond motifs is 2. The Balaban J connectivity index is 1.21. The summed E-state index contributed by atoms with van der Waals surface area (Å²) in [4.78, 5) is 32.7. The predicted octanol–water partition coefficient (Wildman–Crippen LogP) is 2.33. The predicted molar refractivity (Wildman–Crippen MR) is 129 cm³/mol. The average molecular weight is 463 g/mol. The molecule has 3 heterocycles. The van der Waals surface area contributed by atoms with Gasteiger partial charge in [-0.05, 0) is 29.3 Å². The normalized spacial score (nSPS) is 16.9. The Labute approximate surface area is 198 Å². The Morgan fingerprint density at radius 1 is 1.03 bits per heavy atom. The van der Waals surface area contributed by atoms with Crippen molar-refractivity contribution in [2.45, 2.75) is 25.9 Å². The maximum absolute atomic E-state index is 13.4. The van der Waals surface area contributed by atoms with E-state index in [1.165, 1.54) is 12.5 Å². The van der Waals surface area contributed by atoms with Gasteiger partial charge in [0.15, 0.2) is 11.5 Å². The number of rotatable bonds is 6. The highest BCUT2D eigenvalue weighted by Gasteiger charge is 2.29. The Morgan fingerprint density at radius 3 is 2.59 bits per heavy atom. The van der Waals surface area contributed by atoms with Crippen molar-refractivity contribution in [2.75, 3.05) is 39.4 Å². The van der Waals surface area contributed by atoms with Crippen molar-refractivity contribution in [1.29, 1.82) is 0 Å². The second-order valence-corrected chi connectivity index (χ2v) is 8.90. The van der Waals surface area contributed by atoms with Crippen LogP contribution in [0.25, 0.3) is 10.9 Å². The smallest absolute Gasteiger partial charge is 0.245 e. The van der Waals surface area contributed by atoms with Crippen LogP contribution < -0.4 is 14.8 Å². The third kappa shape index (κ3) is 4.87. The fraction of sp³-hybridized carbons (Fsp3) is 0.385. The summed E-state index contributed by atoms with van der Waals surface area (Å²) in [6.45, 7) is 6.23. The standard InChI is InChI=1S/C26H30N4O4/c1-18(31)28-23(15-20-16-27-22-5-3-2-4-21(20)22)26(32)30-10-8-29(9-11-30)17-19-6-7-24-25(14-19)34-13-12-33-24/h2-7,14,16,23,27H,8-13,15,17H2,1H3,(H,28,31)/t23-/m1/s1. The fourth-order valence-electron chi connectivity index (χ4n) is 4.76. The molecular formula is C26H30N4O4. The zero-order valence-electron chi connectivity index (χ0n) is 19.4. The van der Waals surface area contributed by atoms with E-state index in [0.717, 1.165) is 47.6 Å². The highest BCUT2D eigenvalue weighted by molar-refractivity contribution is 5.89. The van der Waals surface area contributed by atoms with Crippen molar-refractivity contribution in [3.05, 3.63) is 59.8 Å². The zero-order valence-corrected chi connectivity index (χ0v) is 19.4. The van der Waals surface area contributed by atoms with E-state index in [0.29, 0.717) is 32.7 Å². The molecule has 0 unspecified atom stereocenters. The second-order valence-electron chi connectivity index (χ2n) is 8.90. The number of aromatic nitrogens is 1. The molecule has 2 amide bonds. The number of nitrogens with zero attached hydrogens (tertiary/aromatic N) is 2. The summed E-state index contributed by atoms with van der Waals surface area (Å²) in [7, 11) is 0. The van der Waals surface area contributed by atoms with Gasteiger partial charge in [-0.3, -0.25) is 14.5 Å². The number of nitrogens with one attached hydrogen (secondary N) is 2. The lowest BCUT2D eigenvalue weighted by Gasteiger charge is -2.36. The van der Waals surface area contributed by atoms with E-state index in [1.54, 1.807) is 0 Å². The van der Waals surface area contributed by atoms with Gasteiger partial charge in [-0.1, -0.05) is 24.3 Å². The number of hydrogen-bond acceptors (Lipinski definition) is 5. The van der Waals surface area contributed by atoms with E-state index in [4.69, 9.17) is 9.47 Å². The van der Waals surface area contributed by atoms with Crippen LogP contribution in [0, 0.1) is 0 Å². The molecule has 0 spiro atoms. The summed E-state index contributed by atoms with van der Waals surface area (Å²) in [5, 5.41) is 3.96. The van der Waals surface area contributed by atoms with Gasteiger partial charge in [0.2, 0.25) is 11.8 Å². The average Bonchev–Trinajstić information content (AvgIpc) is 3.26. The molecule has 0 saturated carbocycles. The zero-order chi connectivity index (χ0) is 23.5. The molecule has 2 aliphatic heterocycles. The number of hydrogen-bond donors (Lipinski definition) is 2. The Hall–Kier alpha value is -3.52. The van der Waals surface area contributed by atoms with E-state index in [9.17, 15) is 9.59 Å². The first-order valence-corrected chi connectivity index (χ1v) is 11.8. The van der Waals surface area contributed by atoms with Gasteiger partial charge in [-0.15, -0.1) is 0 Å². The molecule has 0 radical (unpaired) electrons. The molecule has 2 aliphatic rings. The van der Waals surface area contributed by atoms with Crippen LogP contribution in [0.1, 0.15) is 18.1 Å². The highest BCUT2D eigenvalue weighted by Crippen LogP contribution is 2.31. The van der Waals surface area contributed by atoms with Crippen LogP contribution in [0.2, 0.25) is 0 Å². The summed E-state index contributed by atoms with van der Waals surface area (Å²) in [5.41, 5.74) is 3.22. The van der Waals surface area contributed by atoms with E-state index in [1.807, 2.05) is 47.5 Å². The SMILES string of the molecule is CC(=O)N[C@H](Cc1c[nH]c2ccccc12)C(=O)N1CCN(Cc2ccc3c(c2)OCCO3)CC1. The number of amides is 2. The summed E-state index contributed by atoms with van der Waals surface area (Å²) in [5.74, 6) is 1.37. The molecule has 1 aromatic heterocycles. The molecule has 1 atom stereocenters.